The Morgan fingerprint density at radius 2 is 2.20 bits per heavy atom. The van der Waals surface area contributed by atoms with E-state index in [2.05, 4.69) is 5.32 Å². The Morgan fingerprint density at radius 3 is 2.73 bits per heavy atom. The molecule has 1 aliphatic carbocycles. The van der Waals surface area contributed by atoms with Gasteiger partial charge in [0.25, 0.3) is 0 Å². The monoisotopic (exact) mass is 215 g/mol. The summed E-state index contributed by atoms with van der Waals surface area (Å²) in [6.07, 6.45) is 5.44. The molecule has 0 heterocycles. The van der Waals surface area contributed by atoms with Gasteiger partial charge in [0.2, 0.25) is 0 Å². The molecule has 1 atom stereocenters. The third kappa shape index (κ3) is 4.18. The quantitative estimate of drug-likeness (QED) is 0.640. The molecule has 0 bridgehead atoms. The van der Waals surface area contributed by atoms with Gasteiger partial charge in [0.15, 0.2) is 0 Å². The number of rotatable bonds is 6. The second-order valence-corrected chi connectivity index (χ2v) is 4.12. The van der Waals surface area contributed by atoms with Gasteiger partial charge in [0.1, 0.15) is 0 Å². The molecule has 2 N–H and O–H groups in total. The summed E-state index contributed by atoms with van der Waals surface area (Å²) in [7, 11) is 1.39. The molecule has 15 heavy (non-hydrogen) atoms. The number of methoxy groups -OCH3 is 1. The average Bonchev–Trinajstić information content (AvgIpc) is 2.76. The summed E-state index contributed by atoms with van der Waals surface area (Å²) >= 11 is 0. The standard InChI is InChI=1S/C11H21NO3/c1-15-11(14)9(6-7-13)8-12-10-4-2-3-5-10/h9-10,12-13H,2-8H2,1H3. The van der Waals surface area contributed by atoms with Crippen molar-refractivity contribution < 1.29 is 14.6 Å². The highest BCUT2D eigenvalue weighted by atomic mass is 16.5. The lowest BCUT2D eigenvalue weighted by Crippen LogP contribution is -2.35. The average molecular weight is 215 g/mol. The third-order valence-corrected chi connectivity index (χ3v) is 3.02. The molecule has 0 aromatic carbocycles. The van der Waals surface area contributed by atoms with Gasteiger partial charge < -0.3 is 15.2 Å². The summed E-state index contributed by atoms with van der Waals surface area (Å²) < 4.78 is 4.69. The number of ether oxygens (including phenoxy) is 1. The molecule has 1 fully saturated rings. The van der Waals surface area contributed by atoms with Crippen LogP contribution in [0.4, 0.5) is 0 Å². The van der Waals surface area contributed by atoms with E-state index in [4.69, 9.17) is 9.84 Å². The van der Waals surface area contributed by atoms with Crippen molar-refractivity contribution in [2.75, 3.05) is 20.3 Å². The van der Waals surface area contributed by atoms with E-state index in [0.29, 0.717) is 19.0 Å². The Kier molecular flexibility index (Phi) is 5.65. The van der Waals surface area contributed by atoms with E-state index < -0.39 is 0 Å². The fraction of sp³-hybridized carbons (Fsp3) is 0.909. The molecule has 0 aromatic heterocycles. The van der Waals surface area contributed by atoms with Crippen molar-refractivity contribution in [3.05, 3.63) is 0 Å². The van der Waals surface area contributed by atoms with Gasteiger partial charge in [-0.05, 0) is 19.3 Å². The number of carbonyl (C=O) groups excluding carboxylic acids is 1. The van der Waals surface area contributed by atoms with E-state index in [1.807, 2.05) is 0 Å². The van der Waals surface area contributed by atoms with Crippen molar-refractivity contribution in [1.82, 2.24) is 5.32 Å². The maximum atomic E-state index is 11.3. The molecule has 0 aliphatic heterocycles. The van der Waals surface area contributed by atoms with Gasteiger partial charge in [-0.3, -0.25) is 4.79 Å². The lowest BCUT2D eigenvalue weighted by Gasteiger charge is -2.17. The Balaban J connectivity index is 2.26. The predicted molar refractivity (Wildman–Crippen MR) is 57.5 cm³/mol. The third-order valence-electron chi connectivity index (χ3n) is 3.02. The van der Waals surface area contributed by atoms with Crippen LogP contribution < -0.4 is 5.32 Å². The summed E-state index contributed by atoms with van der Waals surface area (Å²) in [5, 5.41) is 12.2. The molecule has 4 heteroatoms. The van der Waals surface area contributed by atoms with Gasteiger partial charge >= 0.3 is 5.97 Å². The van der Waals surface area contributed by atoms with Crippen molar-refractivity contribution in [2.45, 2.75) is 38.1 Å². The molecule has 1 unspecified atom stereocenters. The van der Waals surface area contributed by atoms with E-state index >= 15 is 0 Å². The second-order valence-electron chi connectivity index (χ2n) is 4.12. The largest absolute Gasteiger partial charge is 0.469 e. The smallest absolute Gasteiger partial charge is 0.310 e. The minimum absolute atomic E-state index is 0.0338. The topological polar surface area (TPSA) is 58.6 Å². The molecule has 1 aliphatic rings. The number of aliphatic hydroxyl groups is 1. The number of aliphatic hydroxyl groups excluding tert-OH is 1. The highest BCUT2D eigenvalue weighted by molar-refractivity contribution is 5.72. The van der Waals surface area contributed by atoms with Gasteiger partial charge in [-0.15, -0.1) is 0 Å². The van der Waals surface area contributed by atoms with E-state index in [0.717, 1.165) is 0 Å². The van der Waals surface area contributed by atoms with Crippen molar-refractivity contribution in [1.29, 1.82) is 0 Å². The normalized spacial score (nSPS) is 19.1. The molecule has 0 spiro atoms. The van der Waals surface area contributed by atoms with Crippen LogP contribution in [0.15, 0.2) is 0 Å². The Morgan fingerprint density at radius 1 is 1.53 bits per heavy atom. The van der Waals surface area contributed by atoms with Crippen LogP contribution in [0.5, 0.6) is 0 Å². The molecule has 4 nitrogen and oxygen atoms in total. The predicted octanol–water partition coefficient (Wildman–Crippen LogP) is 0.690. The van der Waals surface area contributed by atoms with Crippen molar-refractivity contribution in [2.24, 2.45) is 5.92 Å². The van der Waals surface area contributed by atoms with Gasteiger partial charge in [0.05, 0.1) is 13.0 Å². The first-order valence-electron chi connectivity index (χ1n) is 5.70. The van der Waals surface area contributed by atoms with Crippen LogP contribution in [0, 0.1) is 5.92 Å². The zero-order chi connectivity index (χ0) is 11.1. The molecule has 1 saturated carbocycles. The summed E-state index contributed by atoms with van der Waals surface area (Å²) in [5.74, 6) is -0.435. The number of esters is 1. The SMILES string of the molecule is COC(=O)C(CCO)CNC1CCCC1. The summed E-state index contributed by atoms with van der Waals surface area (Å²) in [4.78, 5) is 11.3. The van der Waals surface area contributed by atoms with Crippen LogP contribution in [-0.2, 0) is 9.53 Å². The fourth-order valence-corrected chi connectivity index (χ4v) is 2.06. The zero-order valence-electron chi connectivity index (χ0n) is 9.37. The molecular formula is C11H21NO3. The molecule has 88 valence electrons. The number of nitrogens with one attached hydrogen (secondary N) is 1. The van der Waals surface area contributed by atoms with Gasteiger partial charge in [-0.25, -0.2) is 0 Å². The minimum Gasteiger partial charge on any atom is -0.469 e. The maximum absolute atomic E-state index is 11.3. The van der Waals surface area contributed by atoms with Gasteiger partial charge in [-0.2, -0.15) is 0 Å². The second kappa shape index (κ2) is 6.80. The highest BCUT2D eigenvalue weighted by Crippen LogP contribution is 2.18. The van der Waals surface area contributed by atoms with Crippen LogP contribution >= 0.6 is 0 Å². The van der Waals surface area contributed by atoms with Crippen LogP contribution in [-0.4, -0.2) is 37.4 Å². The number of hydrogen-bond acceptors (Lipinski definition) is 4. The summed E-state index contributed by atoms with van der Waals surface area (Å²) in [5.41, 5.74) is 0. The first-order chi connectivity index (χ1) is 7.27. The van der Waals surface area contributed by atoms with E-state index in [1.165, 1.54) is 32.8 Å². The Labute approximate surface area is 91.0 Å². The maximum Gasteiger partial charge on any atom is 0.310 e. The molecule has 0 saturated heterocycles. The Bertz CT molecular complexity index is 190. The summed E-state index contributed by atoms with van der Waals surface area (Å²) in [6.45, 7) is 0.657. The van der Waals surface area contributed by atoms with Crippen molar-refractivity contribution in [3.63, 3.8) is 0 Å². The lowest BCUT2D eigenvalue weighted by atomic mass is 10.1. The Hall–Kier alpha value is -0.610. The first-order valence-corrected chi connectivity index (χ1v) is 5.70. The van der Waals surface area contributed by atoms with Crippen molar-refractivity contribution >= 4 is 5.97 Å². The zero-order valence-corrected chi connectivity index (χ0v) is 9.37. The highest BCUT2D eigenvalue weighted by Gasteiger charge is 2.21. The van der Waals surface area contributed by atoms with Crippen LogP contribution in [0.1, 0.15) is 32.1 Å². The van der Waals surface area contributed by atoms with Crippen LogP contribution in [0.25, 0.3) is 0 Å². The van der Waals surface area contributed by atoms with E-state index in [-0.39, 0.29) is 18.5 Å². The molecule has 0 aromatic rings. The molecular weight excluding hydrogens is 194 g/mol. The van der Waals surface area contributed by atoms with Gasteiger partial charge in [-0.1, -0.05) is 12.8 Å². The first kappa shape index (κ1) is 12.5. The van der Waals surface area contributed by atoms with Gasteiger partial charge in [0, 0.05) is 19.2 Å². The number of carbonyl (C=O) groups is 1. The molecule has 1 rings (SSSR count). The van der Waals surface area contributed by atoms with Crippen LogP contribution in [0.3, 0.4) is 0 Å². The van der Waals surface area contributed by atoms with E-state index in [9.17, 15) is 4.79 Å². The minimum atomic E-state index is -0.227. The van der Waals surface area contributed by atoms with Crippen molar-refractivity contribution in [3.8, 4) is 0 Å². The lowest BCUT2D eigenvalue weighted by molar-refractivity contribution is -0.145. The van der Waals surface area contributed by atoms with Crippen LogP contribution in [0.2, 0.25) is 0 Å². The van der Waals surface area contributed by atoms with E-state index in [1.54, 1.807) is 0 Å². The fourth-order valence-electron chi connectivity index (χ4n) is 2.06. The summed E-state index contributed by atoms with van der Waals surface area (Å²) in [6, 6.07) is 0.552. The number of hydrogen-bond donors (Lipinski definition) is 2. The molecule has 0 amide bonds. The molecule has 0 radical (unpaired) electrons.